The number of halogens is 2. The smallest absolute Gasteiger partial charge is 0.167 e. The summed E-state index contributed by atoms with van der Waals surface area (Å²) in [5.41, 5.74) is 1.97. The molecule has 1 aliphatic carbocycles. The van der Waals surface area contributed by atoms with E-state index in [4.69, 9.17) is 0 Å². The summed E-state index contributed by atoms with van der Waals surface area (Å²) in [5.74, 6) is 1.03. The Kier molecular flexibility index (Phi) is 4.09. The first kappa shape index (κ1) is 13.3. The second-order valence-electron chi connectivity index (χ2n) is 4.96. The minimum atomic E-state index is 0.209. The van der Waals surface area contributed by atoms with Crippen LogP contribution in [-0.2, 0) is 0 Å². The van der Waals surface area contributed by atoms with Crippen molar-refractivity contribution < 1.29 is 4.79 Å². The molecular formula is C14H16Br2O. The van der Waals surface area contributed by atoms with E-state index < -0.39 is 0 Å². The summed E-state index contributed by atoms with van der Waals surface area (Å²) in [6.07, 6.45) is 3.40. The van der Waals surface area contributed by atoms with E-state index in [9.17, 15) is 4.79 Å². The minimum absolute atomic E-state index is 0.209. The van der Waals surface area contributed by atoms with E-state index in [0.29, 0.717) is 11.7 Å². The minimum Gasteiger partial charge on any atom is -0.294 e. The molecule has 1 fully saturated rings. The number of ketones is 1. The highest BCUT2D eigenvalue weighted by atomic mass is 79.9. The summed E-state index contributed by atoms with van der Waals surface area (Å²) in [6.45, 7) is 4.22. The Balaban J connectivity index is 2.34. The van der Waals surface area contributed by atoms with E-state index in [1.165, 1.54) is 12.8 Å². The van der Waals surface area contributed by atoms with Gasteiger partial charge < -0.3 is 0 Å². The normalized spacial score (nSPS) is 24.0. The Morgan fingerprint density at radius 1 is 1.24 bits per heavy atom. The Labute approximate surface area is 119 Å². The fourth-order valence-corrected chi connectivity index (χ4v) is 3.57. The third kappa shape index (κ3) is 2.65. The van der Waals surface area contributed by atoms with Gasteiger partial charge in [-0.25, -0.2) is 0 Å². The van der Waals surface area contributed by atoms with Crippen LogP contribution in [0, 0.1) is 18.8 Å². The van der Waals surface area contributed by atoms with Crippen LogP contribution in [0.25, 0.3) is 0 Å². The zero-order valence-corrected chi connectivity index (χ0v) is 13.3. The topological polar surface area (TPSA) is 17.1 Å². The molecule has 0 aliphatic heterocycles. The second kappa shape index (κ2) is 5.23. The maximum absolute atomic E-state index is 12.5. The molecule has 1 aromatic rings. The van der Waals surface area contributed by atoms with Crippen LogP contribution in [0.15, 0.2) is 21.1 Å². The number of carbonyl (C=O) groups excluding carboxylic acids is 1. The molecule has 0 amide bonds. The molecule has 0 heterocycles. The Morgan fingerprint density at radius 3 is 2.53 bits per heavy atom. The van der Waals surface area contributed by atoms with Crippen LogP contribution >= 0.6 is 31.9 Å². The van der Waals surface area contributed by atoms with E-state index in [0.717, 1.165) is 26.5 Å². The highest BCUT2D eigenvalue weighted by molar-refractivity contribution is 9.11. The lowest BCUT2D eigenvalue weighted by Crippen LogP contribution is -2.17. The molecular weight excluding hydrogens is 344 g/mol. The quantitative estimate of drug-likeness (QED) is 0.668. The van der Waals surface area contributed by atoms with Gasteiger partial charge in [-0.05, 0) is 43.4 Å². The first-order valence-corrected chi connectivity index (χ1v) is 7.59. The molecule has 0 N–H and O–H groups in total. The third-order valence-corrected chi connectivity index (χ3v) is 5.22. The van der Waals surface area contributed by atoms with Crippen LogP contribution in [0.1, 0.15) is 42.1 Å². The van der Waals surface area contributed by atoms with E-state index in [-0.39, 0.29) is 5.92 Å². The van der Waals surface area contributed by atoms with Gasteiger partial charge in [-0.1, -0.05) is 45.2 Å². The molecule has 2 atom stereocenters. The van der Waals surface area contributed by atoms with Crippen molar-refractivity contribution in [3.8, 4) is 0 Å². The second-order valence-corrected chi connectivity index (χ2v) is 6.67. The standard InChI is InChI=1S/C14H16Br2O/c1-8-4-3-5-10(8)14(17)11-7-12(15)9(2)6-13(11)16/h6-8,10H,3-5H2,1-2H3. The number of carbonyl (C=O) groups is 1. The first-order chi connectivity index (χ1) is 8.00. The Bertz CT molecular complexity index is 454. The molecule has 0 spiro atoms. The number of Topliss-reactive ketones (excluding diaryl/α,β-unsaturated/α-hetero) is 1. The predicted molar refractivity (Wildman–Crippen MR) is 77.4 cm³/mol. The molecule has 0 aromatic heterocycles. The van der Waals surface area contributed by atoms with Crippen LogP contribution in [0.3, 0.4) is 0 Å². The zero-order valence-electron chi connectivity index (χ0n) is 10.1. The number of hydrogen-bond donors (Lipinski definition) is 0. The average Bonchev–Trinajstić information content (AvgIpc) is 2.69. The fraction of sp³-hybridized carbons (Fsp3) is 0.500. The van der Waals surface area contributed by atoms with Crippen molar-refractivity contribution in [1.82, 2.24) is 0 Å². The SMILES string of the molecule is Cc1cc(Br)c(C(=O)C2CCCC2C)cc1Br. The molecule has 92 valence electrons. The molecule has 0 bridgehead atoms. The lowest BCUT2D eigenvalue weighted by atomic mass is 9.89. The number of benzene rings is 1. The van der Waals surface area contributed by atoms with E-state index in [2.05, 4.69) is 38.8 Å². The van der Waals surface area contributed by atoms with Gasteiger partial charge in [0, 0.05) is 20.4 Å². The van der Waals surface area contributed by atoms with Gasteiger partial charge in [0.05, 0.1) is 0 Å². The van der Waals surface area contributed by atoms with Crippen molar-refractivity contribution >= 4 is 37.6 Å². The maximum Gasteiger partial charge on any atom is 0.167 e. The number of hydrogen-bond acceptors (Lipinski definition) is 1. The fourth-order valence-electron chi connectivity index (χ4n) is 2.57. The lowest BCUT2D eigenvalue weighted by Gasteiger charge is -2.15. The summed E-state index contributed by atoms with van der Waals surface area (Å²) in [6, 6.07) is 3.96. The largest absolute Gasteiger partial charge is 0.294 e. The van der Waals surface area contributed by atoms with Gasteiger partial charge >= 0.3 is 0 Å². The molecule has 0 radical (unpaired) electrons. The summed E-state index contributed by atoms with van der Waals surface area (Å²) in [4.78, 5) is 12.5. The van der Waals surface area contributed by atoms with Gasteiger partial charge in [-0.3, -0.25) is 4.79 Å². The van der Waals surface area contributed by atoms with Gasteiger partial charge in [0.1, 0.15) is 0 Å². The van der Waals surface area contributed by atoms with Crippen molar-refractivity contribution in [3.63, 3.8) is 0 Å². The van der Waals surface area contributed by atoms with Gasteiger partial charge in [-0.2, -0.15) is 0 Å². The molecule has 1 nitrogen and oxygen atoms in total. The third-order valence-electron chi connectivity index (χ3n) is 3.71. The maximum atomic E-state index is 12.5. The number of aryl methyl sites for hydroxylation is 1. The molecule has 1 aliphatic rings. The molecule has 2 unspecified atom stereocenters. The van der Waals surface area contributed by atoms with Gasteiger partial charge in [-0.15, -0.1) is 0 Å². The van der Waals surface area contributed by atoms with Crippen molar-refractivity contribution in [3.05, 3.63) is 32.2 Å². The Morgan fingerprint density at radius 2 is 1.94 bits per heavy atom. The summed E-state index contributed by atoms with van der Waals surface area (Å²) >= 11 is 7.01. The summed E-state index contributed by atoms with van der Waals surface area (Å²) in [7, 11) is 0. The Hall–Kier alpha value is -0.150. The van der Waals surface area contributed by atoms with E-state index >= 15 is 0 Å². The summed E-state index contributed by atoms with van der Waals surface area (Å²) in [5, 5.41) is 0. The zero-order chi connectivity index (χ0) is 12.6. The monoisotopic (exact) mass is 358 g/mol. The predicted octanol–water partition coefficient (Wildman–Crippen LogP) is 5.14. The van der Waals surface area contributed by atoms with Crippen LogP contribution in [0.4, 0.5) is 0 Å². The van der Waals surface area contributed by atoms with Crippen molar-refractivity contribution in [2.45, 2.75) is 33.1 Å². The average molecular weight is 360 g/mol. The van der Waals surface area contributed by atoms with Crippen LogP contribution in [-0.4, -0.2) is 5.78 Å². The van der Waals surface area contributed by atoms with Crippen LogP contribution < -0.4 is 0 Å². The lowest BCUT2D eigenvalue weighted by molar-refractivity contribution is 0.0896. The van der Waals surface area contributed by atoms with Crippen molar-refractivity contribution in [1.29, 1.82) is 0 Å². The van der Waals surface area contributed by atoms with Crippen molar-refractivity contribution in [2.24, 2.45) is 11.8 Å². The molecule has 1 saturated carbocycles. The molecule has 2 rings (SSSR count). The van der Waals surface area contributed by atoms with Gasteiger partial charge in [0.15, 0.2) is 5.78 Å². The highest BCUT2D eigenvalue weighted by Gasteiger charge is 2.31. The highest BCUT2D eigenvalue weighted by Crippen LogP contribution is 2.36. The van der Waals surface area contributed by atoms with Crippen molar-refractivity contribution in [2.75, 3.05) is 0 Å². The van der Waals surface area contributed by atoms with Gasteiger partial charge in [0.25, 0.3) is 0 Å². The number of rotatable bonds is 2. The summed E-state index contributed by atoms with van der Waals surface area (Å²) < 4.78 is 1.93. The van der Waals surface area contributed by atoms with E-state index in [1.807, 2.05) is 19.1 Å². The molecule has 3 heteroatoms. The first-order valence-electron chi connectivity index (χ1n) is 6.00. The van der Waals surface area contributed by atoms with E-state index in [1.54, 1.807) is 0 Å². The van der Waals surface area contributed by atoms with Crippen LogP contribution in [0.2, 0.25) is 0 Å². The molecule has 1 aromatic carbocycles. The molecule has 17 heavy (non-hydrogen) atoms. The molecule has 0 saturated heterocycles. The van der Waals surface area contributed by atoms with Gasteiger partial charge in [0.2, 0.25) is 0 Å². The van der Waals surface area contributed by atoms with Crippen LogP contribution in [0.5, 0.6) is 0 Å².